The molecule has 0 bridgehead atoms. The molecule has 82 valence electrons. The van der Waals surface area contributed by atoms with Crippen LogP contribution in [0.1, 0.15) is 12.5 Å². The number of benzene rings is 1. The number of hydrogen-bond donors (Lipinski definition) is 1. The third-order valence-electron chi connectivity index (χ3n) is 2.51. The van der Waals surface area contributed by atoms with Gasteiger partial charge in [0.05, 0.1) is 13.2 Å². The molecule has 0 saturated carbocycles. The van der Waals surface area contributed by atoms with Crippen LogP contribution >= 0.6 is 11.6 Å². The Balaban J connectivity index is 2.20. The van der Waals surface area contributed by atoms with E-state index in [1.165, 1.54) is 0 Å². The summed E-state index contributed by atoms with van der Waals surface area (Å²) in [5, 5.41) is 9.64. The van der Waals surface area contributed by atoms with Crippen LogP contribution in [0.25, 0.3) is 0 Å². The predicted molar refractivity (Wildman–Crippen MR) is 56.7 cm³/mol. The normalized spacial score (nSPS) is 30.7. The number of aliphatic hydroxyl groups excluding tert-OH is 1. The SMILES string of the molecule is C[C@@]1(c2ccc(Cl)cc2)OC[C@H](CO)O1. The van der Waals surface area contributed by atoms with Crippen LogP contribution in [0.15, 0.2) is 24.3 Å². The van der Waals surface area contributed by atoms with E-state index < -0.39 is 5.79 Å². The molecule has 1 aliphatic heterocycles. The standard InChI is InChI=1S/C11H13ClO3/c1-11(14-7-10(6-13)15-11)8-2-4-9(12)5-3-8/h2-5,10,13H,6-7H2,1H3/t10-,11+/m0/s1. The Bertz CT molecular complexity index is 338. The fourth-order valence-corrected chi connectivity index (χ4v) is 1.76. The Morgan fingerprint density at radius 3 is 2.67 bits per heavy atom. The van der Waals surface area contributed by atoms with Crippen molar-refractivity contribution >= 4 is 11.6 Å². The van der Waals surface area contributed by atoms with Crippen molar-refractivity contribution in [2.24, 2.45) is 0 Å². The fraction of sp³-hybridized carbons (Fsp3) is 0.455. The second-order valence-corrected chi connectivity index (χ2v) is 4.12. The van der Waals surface area contributed by atoms with Gasteiger partial charge in [-0.25, -0.2) is 0 Å². The van der Waals surface area contributed by atoms with Crippen LogP contribution in [0.5, 0.6) is 0 Å². The van der Waals surface area contributed by atoms with Gasteiger partial charge in [0.15, 0.2) is 5.79 Å². The molecular formula is C11H13ClO3. The summed E-state index contributed by atoms with van der Waals surface area (Å²) in [6.45, 7) is 2.23. The molecule has 0 amide bonds. The first-order valence-electron chi connectivity index (χ1n) is 4.83. The maximum Gasteiger partial charge on any atom is 0.192 e. The van der Waals surface area contributed by atoms with Crippen LogP contribution in [-0.2, 0) is 15.3 Å². The Morgan fingerprint density at radius 1 is 1.47 bits per heavy atom. The highest BCUT2D eigenvalue weighted by Gasteiger charge is 2.38. The second kappa shape index (κ2) is 4.10. The first-order valence-corrected chi connectivity index (χ1v) is 5.20. The Kier molecular flexibility index (Phi) is 2.98. The molecule has 1 heterocycles. The van der Waals surface area contributed by atoms with Gasteiger partial charge in [0.1, 0.15) is 6.10 Å². The monoisotopic (exact) mass is 228 g/mol. The lowest BCUT2D eigenvalue weighted by Gasteiger charge is -2.23. The summed E-state index contributed by atoms with van der Waals surface area (Å²) in [6.07, 6.45) is -0.245. The highest BCUT2D eigenvalue weighted by molar-refractivity contribution is 6.30. The van der Waals surface area contributed by atoms with E-state index in [1.54, 1.807) is 12.1 Å². The predicted octanol–water partition coefficient (Wildman–Crippen LogP) is 1.92. The molecule has 3 nitrogen and oxygen atoms in total. The molecule has 0 unspecified atom stereocenters. The minimum Gasteiger partial charge on any atom is -0.394 e. The van der Waals surface area contributed by atoms with Gasteiger partial charge in [0.2, 0.25) is 0 Å². The number of ether oxygens (including phenoxy) is 2. The lowest BCUT2D eigenvalue weighted by atomic mass is 10.1. The van der Waals surface area contributed by atoms with Crippen LogP contribution < -0.4 is 0 Å². The Labute approximate surface area is 93.6 Å². The van der Waals surface area contributed by atoms with Crippen molar-refractivity contribution in [1.82, 2.24) is 0 Å². The Morgan fingerprint density at radius 2 is 2.13 bits per heavy atom. The third kappa shape index (κ3) is 2.16. The molecule has 15 heavy (non-hydrogen) atoms. The van der Waals surface area contributed by atoms with Crippen molar-refractivity contribution in [1.29, 1.82) is 0 Å². The number of rotatable bonds is 2. The molecule has 1 N–H and O–H groups in total. The zero-order valence-corrected chi connectivity index (χ0v) is 9.20. The Hall–Kier alpha value is -0.610. The summed E-state index contributed by atoms with van der Waals surface area (Å²) in [4.78, 5) is 0. The van der Waals surface area contributed by atoms with Crippen LogP contribution in [0.3, 0.4) is 0 Å². The molecule has 0 spiro atoms. The van der Waals surface area contributed by atoms with E-state index >= 15 is 0 Å². The number of halogens is 1. The van der Waals surface area contributed by atoms with E-state index in [0.29, 0.717) is 11.6 Å². The molecule has 2 atom stereocenters. The molecule has 0 radical (unpaired) electrons. The second-order valence-electron chi connectivity index (χ2n) is 3.69. The summed E-state index contributed by atoms with van der Waals surface area (Å²) in [6, 6.07) is 7.31. The minimum absolute atomic E-state index is 0.0246. The largest absolute Gasteiger partial charge is 0.394 e. The van der Waals surface area contributed by atoms with Gasteiger partial charge >= 0.3 is 0 Å². The van der Waals surface area contributed by atoms with Crippen LogP contribution in [0.4, 0.5) is 0 Å². The van der Waals surface area contributed by atoms with Gasteiger partial charge in [0, 0.05) is 10.6 Å². The molecule has 4 heteroatoms. The minimum atomic E-state index is -0.766. The van der Waals surface area contributed by atoms with Gasteiger partial charge in [0.25, 0.3) is 0 Å². The maximum atomic E-state index is 8.96. The van der Waals surface area contributed by atoms with E-state index in [4.69, 9.17) is 26.2 Å². The maximum absolute atomic E-state index is 8.96. The van der Waals surface area contributed by atoms with E-state index in [9.17, 15) is 0 Å². The summed E-state index contributed by atoms with van der Waals surface area (Å²) in [5.74, 6) is -0.766. The molecule has 1 aliphatic rings. The highest BCUT2D eigenvalue weighted by Crippen LogP contribution is 2.33. The van der Waals surface area contributed by atoms with E-state index in [1.807, 2.05) is 19.1 Å². The van der Waals surface area contributed by atoms with Crippen molar-refractivity contribution in [3.05, 3.63) is 34.9 Å². The van der Waals surface area contributed by atoms with Gasteiger partial charge < -0.3 is 14.6 Å². The molecule has 0 aliphatic carbocycles. The van der Waals surface area contributed by atoms with E-state index in [0.717, 1.165) is 5.56 Å². The summed E-state index contributed by atoms with van der Waals surface area (Å²) < 4.78 is 11.2. The third-order valence-corrected chi connectivity index (χ3v) is 2.76. The highest BCUT2D eigenvalue weighted by atomic mass is 35.5. The summed E-state index contributed by atoms with van der Waals surface area (Å²) in [5.41, 5.74) is 0.905. The van der Waals surface area contributed by atoms with E-state index in [2.05, 4.69) is 0 Å². The van der Waals surface area contributed by atoms with Crippen molar-refractivity contribution in [2.45, 2.75) is 18.8 Å². The molecule has 1 aromatic rings. The van der Waals surface area contributed by atoms with Crippen LogP contribution in [0, 0.1) is 0 Å². The van der Waals surface area contributed by atoms with Crippen molar-refractivity contribution in [3.8, 4) is 0 Å². The average molecular weight is 229 g/mol. The quantitative estimate of drug-likeness (QED) is 0.841. The topological polar surface area (TPSA) is 38.7 Å². The van der Waals surface area contributed by atoms with Crippen molar-refractivity contribution < 1.29 is 14.6 Å². The molecular weight excluding hydrogens is 216 g/mol. The lowest BCUT2D eigenvalue weighted by molar-refractivity contribution is -0.165. The first kappa shape index (κ1) is 10.9. The molecule has 0 aromatic heterocycles. The van der Waals surface area contributed by atoms with Crippen LogP contribution in [0.2, 0.25) is 5.02 Å². The van der Waals surface area contributed by atoms with Gasteiger partial charge in [-0.3, -0.25) is 0 Å². The number of hydrogen-bond acceptors (Lipinski definition) is 3. The van der Waals surface area contributed by atoms with Gasteiger partial charge in [-0.15, -0.1) is 0 Å². The molecule has 1 saturated heterocycles. The van der Waals surface area contributed by atoms with Gasteiger partial charge in [-0.05, 0) is 19.1 Å². The number of aliphatic hydroxyl groups is 1. The summed E-state index contributed by atoms with van der Waals surface area (Å²) >= 11 is 5.80. The van der Waals surface area contributed by atoms with Crippen molar-refractivity contribution in [3.63, 3.8) is 0 Å². The van der Waals surface area contributed by atoms with Crippen LogP contribution in [-0.4, -0.2) is 24.4 Å². The van der Waals surface area contributed by atoms with Crippen molar-refractivity contribution in [2.75, 3.05) is 13.2 Å². The van der Waals surface area contributed by atoms with Gasteiger partial charge in [-0.2, -0.15) is 0 Å². The fourth-order valence-electron chi connectivity index (χ4n) is 1.63. The average Bonchev–Trinajstić information content (AvgIpc) is 2.62. The summed E-state index contributed by atoms with van der Waals surface area (Å²) in [7, 11) is 0. The zero-order valence-electron chi connectivity index (χ0n) is 8.44. The zero-order chi connectivity index (χ0) is 10.9. The molecule has 2 rings (SSSR count). The smallest absolute Gasteiger partial charge is 0.192 e. The molecule has 1 fully saturated rings. The lowest BCUT2D eigenvalue weighted by Crippen LogP contribution is -2.24. The van der Waals surface area contributed by atoms with Gasteiger partial charge in [-0.1, -0.05) is 23.7 Å². The molecule has 1 aromatic carbocycles. The first-order chi connectivity index (χ1) is 7.14. The van der Waals surface area contributed by atoms with E-state index in [-0.39, 0.29) is 12.7 Å².